The summed E-state index contributed by atoms with van der Waals surface area (Å²) in [5.74, 6) is -0.763. The molecule has 1 aromatic carbocycles. The molecule has 2 atom stereocenters. The Labute approximate surface area is 178 Å². The number of nitrogens with zero attached hydrogens (tertiary/aromatic N) is 3. The Hall–Kier alpha value is -1.53. The van der Waals surface area contributed by atoms with E-state index in [-0.39, 0.29) is 22.1 Å². The van der Waals surface area contributed by atoms with Gasteiger partial charge in [-0.1, -0.05) is 11.6 Å². The highest BCUT2D eigenvalue weighted by Gasteiger charge is 2.24. The first-order valence-electron chi connectivity index (χ1n) is 9.26. The van der Waals surface area contributed by atoms with E-state index in [0.717, 1.165) is 43.3 Å². The minimum atomic E-state index is -4.17. The van der Waals surface area contributed by atoms with Crippen molar-refractivity contribution in [2.45, 2.75) is 30.7 Å². The van der Waals surface area contributed by atoms with Crippen LogP contribution in [0.3, 0.4) is 0 Å². The summed E-state index contributed by atoms with van der Waals surface area (Å²) in [6.07, 6.45) is 3.59. The lowest BCUT2D eigenvalue weighted by Crippen LogP contribution is -2.40. The van der Waals surface area contributed by atoms with Crippen molar-refractivity contribution in [3.05, 3.63) is 29.3 Å². The normalized spacial score (nSPS) is 17.2. The second kappa shape index (κ2) is 9.52. The van der Waals surface area contributed by atoms with Gasteiger partial charge in [0, 0.05) is 36.6 Å². The fourth-order valence-corrected chi connectivity index (χ4v) is 5.26. The Kier molecular flexibility index (Phi) is 7.28. The molecule has 160 valence electrons. The molecule has 8 nitrogen and oxygen atoms in total. The van der Waals surface area contributed by atoms with Gasteiger partial charge in [-0.2, -0.15) is 4.37 Å². The molecule has 1 aromatic heterocycles. The van der Waals surface area contributed by atoms with Crippen molar-refractivity contribution in [1.82, 2.24) is 14.3 Å². The van der Waals surface area contributed by atoms with Crippen molar-refractivity contribution in [1.29, 1.82) is 0 Å². The number of likely N-dealkylation sites (tertiary alicyclic amines) is 1. The average molecular weight is 463 g/mol. The van der Waals surface area contributed by atoms with Crippen LogP contribution in [0.25, 0.3) is 0 Å². The van der Waals surface area contributed by atoms with Gasteiger partial charge in [-0.05, 0) is 45.0 Å². The van der Waals surface area contributed by atoms with Gasteiger partial charge in [0.1, 0.15) is 17.0 Å². The number of benzene rings is 1. The van der Waals surface area contributed by atoms with Crippen molar-refractivity contribution in [2.75, 3.05) is 36.2 Å². The maximum atomic E-state index is 14.6. The summed E-state index contributed by atoms with van der Waals surface area (Å²) in [7, 11) is -4.17. The number of anilines is 2. The minimum Gasteiger partial charge on any atom is -0.383 e. The fraction of sp³-hybridized carbons (Fsp3) is 0.529. The zero-order chi connectivity index (χ0) is 21.0. The van der Waals surface area contributed by atoms with Gasteiger partial charge in [-0.3, -0.25) is 4.72 Å². The summed E-state index contributed by atoms with van der Waals surface area (Å²) in [6.45, 7) is 5.42. The Morgan fingerprint density at radius 2 is 2.10 bits per heavy atom. The number of aromatic nitrogens is 2. The lowest BCUT2D eigenvalue weighted by atomic mass is 10.0. The van der Waals surface area contributed by atoms with Crippen LogP contribution in [0.5, 0.6) is 0 Å². The average Bonchev–Trinajstić information content (AvgIpc) is 3.34. The number of halogens is 2. The van der Waals surface area contributed by atoms with Gasteiger partial charge >= 0.3 is 0 Å². The zero-order valence-corrected chi connectivity index (χ0v) is 18.3. The third kappa shape index (κ3) is 5.76. The van der Waals surface area contributed by atoms with Crippen LogP contribution in [-0.4, -0.2) is 54.9 Å². The molecule has 0 radical (unpaired) electrons. The van der Waals surface area contributed by atoms with E-state index in [4.69, 9.17) is 17.3 Å². The van der Waals surface area contributed by atoms with Crippen LogP contribution in [0.2, 0.25) is 5.02 Å². The van der Waals surface area contributed by atoms with Gasteiger partial charge in [0.25, 0.3) is 10.0 Å². The lowest BCUT2D eigenvalue weighted by molar-refractivity contribution is 0.265. The third-order valence-corrected chi connectivity index (χ3v) is 7.26. The second-order valence-electron chi connectivity index (χ2n) is 7.12. The third-order valence-electron chi connectivity index (χ3n) is 4.88. The molecule has 12 heteroatoms. The molecule has 0 amide bonds. The van der Waals surface area contributed by atoms with Gasteiger partial charge < -0.3 is 16.0 Å². The maximum absolute atomic E-state index is 14.6. The number of sulfonamides is 1. The Morgan fingerprint density at radius 3 is 2.72 bits per heavy atom. The molecule has 0 bridgehead atoms. The number of nitrogens with two attached hydrogens (primary N) is 1. The number of rotatable bonds is 9. The summed E-state index contributed by atoms with van der Waals surface area (Å²) < 4.78 is 45.3. The smallest absolute Gasteiger partial charge is 0.266 e. The molecule has 1 aliphatic rings. The standard InChI is InChI=1S/C17H24ClFN6O2S2/c1-11(20)12(9-25-4-2-3-5-25)8-21-15-7-14(19)16(6-13(15)18)29(26,27)24-17-22-10-23-28-17/h6-7,10-12,21H,2-5,8-9,20H2,1H3,(H,22,23,24)/t11-,12?/m1/s1. The van der Waals surface area contributed by atoms with Gasteiger partial charge in [0.15, 0.2) is 0 Å². The first-order valence-corrected chi connectivity index (χ1v) is 11.9. The second-order valence-corrected chi connectivity index (χ2v) is 9.96. The van der Waals surface area contributed by atoms with Crippen molar-refractivity contribution < 1.29 is 12.8 Å². The number of hydrogen-bond acceptors (Lipinski definition) is 8. The first-order chi connectivity index (χ1) is 13.8. The van der Waals surface area contributed by atoms with Crippen LogP contribution in [0, 0.1) is 11.7 Å². The van der Waals surface area contributed by atoms with Crippen LogP contribution in [-0.2, 0) is 10.0 Å². The van der Waals surface area contributed by atoms with E-state index >= 15 is 0 Å². The first kappa shape index (κ1) is 22.2. The van der Waals surface area contributed by atoms with Crippen LogP contribution in [0.15, 0.2) is 23.4 Å². The largest absolute Gasteiger partial charge is 0.383 e. The molecule has 1 unspecified atom stereocenters. The Bertz CT molecular complexity index is 920. The molecule has 0 spiro atoms. The van der Waals surface area contributed by atoms with E-state index in [1.54, 1.807) is 0 Å². The Balaban J connectivity index is 1.71. The molecular formula is C17H24ClFN6O2S2. The molecule has 2 heterocycles. The van der Waals surface area contributed by atoms with Crippen molar-refractivity contribution in [3.8, 4) is 0 Å². The number of hydrogen-bond donors (Lipinski definition) is 3. The SMILES string of the molecule is C[C@@H](N)C(CNc1cc(F)c(S(=O)(=O)Nc2ncns2)cc1Cl)CN1CCCC1. The van der Waals surface area contributed by atoms with E-state index in [0.29, 0.717) is 12.2 Å². The molecule has 1 aliphatic heterocycles. The molecule has 1 saturated heterocycles. The minimum absolute atomic E-state index is 0.0458. The van der Waals surface area contributed by atoms with Crippen LogP contribution >= 0.6 is 23.1 Å². The molecular weight excluding hydrogens is 439 g/mol. The van der Waals surface area contributed by atoms with Gasteiger partial charge in [-0.15, -0.1) is 0 Å². The maximum Gasteiger partial charge on any atom is 0.266 e. The topological polar surface area (TPSA) is 113 Å². The zero-order valence-electron chi connectivity index (χ0n) is 15.9. The van der Waals surface area contributed by atoms with E-state index < -0.39 is 20.7 Å². The molecule has 0 aliphatic carbocycles. The van der Waals surface area contributed by atoms with Crippen molar-refractivity contribution in [3.63, 3.8) is 0 Å². The summed E-state index contributed by atoms with van der Waals surface area (Å²) in [4.78, 5) is 5.55. The Morgan fingerprint density at radius 1 is 1.38 bits per heavy atom. The van der Waals surface area contributed by atoms with Crippen molar-refractivity contribution >= 4 is 44.0 Å². The van der Waals surface area contributed by atoms with E-state index in [1.807, 2.05) is 6.92 Å². The number of nitrogens with one attached hydrogen (secondary N) is 2. The predicted molar refractivity (Wildman–Crippen MR) is 113 cm³/mol. The van der Waals surface area contributed by atoms with Gasteiger partial charge in [-0.25, -0.2) is 17.8 Å². The van der Waals surface area contributed by atoms with Crippen LogP contribution in [0.4, 0.5) is 15.2 Å². The van der Waals surface area contributed by atoms with E-state index in [2.05, 4.69) is 24.3 Å². The summed E-state index contributed by atoms with van der Waals surface area (Å²) in [5, 5.41) is 3.27. The quantitative estimate of drug-likeness (QED) is 0.524. The highest BCUT2D eigenvalue weighted by atomic mass is 35.5. The monoisotopic (exact) mass is 462 g/mol. The highest BCUT2D eigenvalue weighted by molar-refractivity contribution is 7.93. The molecule has 29 heavy (non-hydrogen) atoms. The lowest BCUT2D eigenvalue weighted by Gasteiger charge is -2.27. The predicted octanol–water partition coefficient (Wildman–Crippen LogP) is 2.60. The van der Waals surface area contributed by atoms with E-state index in [1.165, 1.54) is 19.2 Å². The van der Waals surface area contributed by atoms with Gasteiger partial charge in [0.2, 0.25) is 5.13 Å². The van der Waals surface area contributed by atoms with Crippen LogP contribution < -0.4 is 15.8 Å². The van der Waals surface area contributed by atoms with Crippen molar-refractivity contribution in [2.24, 2.45) is 11.7 Å². The summed E-state index contributed by atoms with van der Waals surface area (Å²) in [6, 6.07) is 2.12. The molecule has 2 aromatic rings. The molecule has 3 rings (SSSR count). The molecule has 4 N–H and O–H groups in total. The van der Waals surface area contributed by atoms with E-state index in [9.17, 15) is 12.8 Å². The van der Waals surface area contributed by atoms with Crippen LogP contribution in [0.1, 0.15) is 19.8 Å². The fourth-order valence-electron chi connectivity index (χ4n) is 3.21. The van der Waals surface area contributed by atoms with Gasteiger partial charge in [0.05, 0.1) is 10.7 Å². The summed E-state index contributed by atoms with van der Waals surface area (Å²) in [5.41, 5.74) is 6.45. The summed E-state index contributed by atoms with van der Waals surface area (Å²) >= 11 is 7.08. The highest BCUT2D eigenvalue weighted by Crippen LogP contribution is 2.29. The molecule has 0 saturated carbocycles. The molecule has 1 fully saturated rings.